The first-order chi connectivity index (χ1) is 20.4. The van der Waals surface area contributed by atoms with Crippen LogP contribution in [0.1, 0.15) is 34.7 Å². The Hall–Kier alpha value is -5.34. The van der Waals surface area contributed by atoms with Gasteiger partial charge in [-0.05, 0) is 48.7 Å². The van der Waals surface area contributed by atoms with Crippen molar-refractivity contribution in [1.29, 1.82) is 5.26 Å². The minimum absolute atomic E-state index is 0.131. The third kappa shape index (κ3) is 5.89. The Balaban J connectivity index is 1.19. The highest BCUT2D eigenvalue weighted by atomic mass is 19.1. The fraction of sp³-hybridized carbons (Fsp3) is 0.194. The summed E-state index contributed by atoms with van der Waals surface area (Å²) in [6, 6.07) is 18.7. The number of piperidine rings is 1. The first-order valence-electron chi connectivity index (χ1n) is 13.5. The number of pyridine rings is 3. The Labute approximate surface area is 241 Å². The van der Waals surface area contributed by atoms with E-state index in [1.54, 1.807) is 30.6 Å². The molecule has 3 N–H and O–H groups in total. The van der Waals surface area contributed by atoms with Crippen molar-refractivity contribution in [3.63, 3.8) is 0 Å². The quantitative estimate of drug-likeness (QED) is 0.297. The Morgan fingerprint density at radius 1 is 1.02 bits per heavy atom. The van der Waals surface area contributed by atoms with Gasteiger partial charge in [0.2, 0.25) is 5.82 Å². The number of nitrogens with one attached hydrogen (secondary N) is 1. The maximum absolute atomic E-state index is 13.6. The van der Waals surface area contributed by atoms with E-state index in [2.05, 4.69) is 42.3 Å². The summed E-state index contributed by atoms with van der Waals surface area (Å²) in [5, 5.41) is 13.2. The highest BCUT2D eigenvalue weighted by Gasteiger charge is 2.20. The molecule has 5 aromatic rings. The second-order valence-corrected chi connectivity index (χ2v) is 10.1. The molecule has 10 nitrogen and oxygen atoms in total. The number of anilines is 1. The number of fused-ring (bicyclic) bond motifs is 1. The number of benzene rings is 1. The molecule has 1 aliphatic heterocycles. The van der Waals surface area contributed by atoms with Crippen molar-refractivity contribution in [3.8, 4) is 28.6 Å². The zero-order chi connectivity index (χ0) is 29.1. The maximum atomic E-state index is 13.6. The number of primary amides is 1. The van der Waals surface area contributed by atoms with Gasteiger partial charge >= 0.3 is 0 Å². The summed E-state index contributed by atoms with van der Waals surface area (Å²) in [5.74, 6) is -0.215. The molecule has 0 spiro atoms. The van der Waals surface area contributed by atoms with Crippen LogP contribution >= 0.6 is 0 Å². The van der Waals surface area contributed by atoms with Crippen molar-refractivity contribution in [1.82, 2.24) is 29.8 Å². The van der Waals surface area contributed by atoms with Crippen molar-refractivity contribution in [2.24, 2.45) is 5.73 Å². The molecule has 1 saturated heterocycles. The topological polar surface area (TPSA) is 147 Å². The van der Waals surface area contributed by atoms with Gasteiger partial charge in [-0.15, -0.1) is 0 Å². The van der Waals surface area contributed by atoms with Crippen LogP contribution in [0.25, 0.3) is 33.4 Å². The van der Waals surface area contributed by atoms with Crippen molar-refractivity contribution < 1.29 is 9.18 Å². The van der Waals surface area contributed by atoms with Crippen molar-refractivity contribution in [2.45, 2.75) is 25.4 Å². The lowest BCUT2D eigenvalue weighted by Crippen LogP contribution is -2.38. The summed E-state index contributed by atoms with van der Waals surface area (Å²) >= 11 is 0. The molecule has 0 saturated carbocycles. The van der Waals surface area contributed by atoms with E-state index in [-0.39, 0.29) is 17.6 Å². The normalized spacial score (nSPS) is 14.0. The number of carbonyl (C=O) groups is 1. The number of hydrogen-bond acceptors (Lipinski definition) is 9. The molecule has 1 fully saturated rings. The van der Waals surface area contributed by atoms with Crippen LogP contribution < -0.4 is 11.1 Å². The van der Waals surface area contributed by atoms with Gasteiger partial charge in [0.05, 0.1) is 23.1 Å². The Bertz CT molecular complexity index is 1800. The predicted octanol–water partition coefficient (Wildman–Crippen LogP) is 4.33. The van der Waals surface area contributed by atoms with Crippen LogP contribution in [0.2, 0.25) is 0 Å². The molecule has 1 aliphatic rings. The minimum Gasteiger partial charge on any atom is -0.367 e. The number of aromatic nitrogens is 5. The fourth-order valence-corrected chi connectivity index (χ4v) is 5.12. The summed E-state index contributed by atoms with van der Waals surface area (Å²) in [6.07, 6.45) is 6.24. The number of nitriles is 1. The summed E-state index contributed by atoms with van der Waals surface area (Å²) in [5.41, 5.74) is 10.1. The molecule has 0 aliphatic carbocycles. The van der Waals surface area contributed by atoms with E-state index in [1.165, 1.54) is 17.8 Å². The number of rotatable bonds is 7. The number of hydrogen-bond donors (Lipinski definition) is 2. The third-order valence-corrected chi connectivity index (χ3v) is 7.28. The molecule has 0 bridgehead atoms. The smallest absolute Gasteiger partial charge is 0.267 e. The first kappa shape index (κ1) is 26.9. The van der Waals surface area contributed by atoms with Gasteiger partial charge in [0, 0.05) is 54.6 Å². The van der Waals surface area contributed by atoms with Gasteiger partial charge in [-0.3, -0.25) is 19.7 Å². The number of nitrogens with two attached hydrogens (primary N) is 1. The Kier molecular flexibility index (Phi) is 7.45. The molecule has 1 amide bonds. The van der Waals surface area contributed by atoms with Gasteiger partial charge in [-0.1, -0.05) is 24.3 Å². The van der Waals surface area contributed by atoms with Gasteiger partial charge < -0.3 is 11.1 Å². The second kappa shape index (κ2) is 11.6. The predicted molar refractivity (Wildman–Crippen MR) is 155 cm³/mol. The van der Waals surface area contributed by atoms with E-state index in [9.17, 15) is 9.18 Å². The molecule has 4 aromatic heterocycles. The van der Waals surface area contributed by atoms with Crippen LogP contribution in [-0.2, 0) is 6.54 Å². The Morgan fingerprint density at radius 2 is 1.83 bits per heavy atom. The molecule has 11 heteroatoms. The molecule has 0 radical (unpaired) electrons. The van der Waals surface area contributed by atoms with Gasteiger partial charge in [-0.25, -0.2) is 19.3 Å². The van der Waals surface area contributed by atoms with Gasteiger partial charge in [0.15, 0.2) is 0 Å². The number of nitrogens with zero attached hydrogens (tertiary/aromatic N) is 7. The zero-order valence-corrected chi connectivity index (χ0v) is 22.5. The number of carbonyl (C=O) groups excluding carboxylic acids is 1. The zero-order valence-electron chi connectivity index (χ0n) is 22.5. The van der Waals surface area contributed by atoms with Gasteiger partial charge in [-0.2, -0.15) is 5.26 Å². The van der Waals surface area contributed by atoms with Crippen molar-refractivity contribution in [3.05, 3.63) is 96.1 Å². The lowest BCUT2D eigenvalue weighted by atomic mass is 9.99. The molecule has 208 valence electrons. The second-order valence-electron chi connectivity index (χ2n) is 10.1. The van der Waals surface area contributed by atoms with Crippen molar-refractivity contribution in [2.75, 3.05) is 18.4 Å². The van der Waals surface area contributed by atoms with Crippen LogP contribution in [0.3, 0.4) is 0 Å². The van der Waals surface area contributed by atoms with Crippen LogP contribution in [-0.4, -0.2) is 54.9 Å². The van der Waals surface area contributed by atoms with E-state index >= 15 is 0 Å². The molecule has 5 heterocycles. The fourth-order valence-electron chi connectivity index (χ4n) is 5.12. The molecule has 6 rings (SSSR count). The van der Waals surface area contributed by atoms with Crippen LogP contribution in [0.4, 0.5) is 10.2 Å². The summed E-state index contributed by atoms with van der Waals surface area (Å²) in [4.78, 5) is 35.5. The molecular formula is C31H26FN9O. The first-order valence-corrected chi connectivity index (χ1v) is 13.5. The summed E-state index contributed by atoms with van der Waals surface area (Å²) in [7, 11) is 0. The van der Waals surface area contributed by atoms with E-state index in [0.717, 1.165) is 43.6 Å². The highest BCUT2D eigenvalue weighted by molar-refractivity contribution is 5.96. The van der Waals surface area contributed by atoms with E-state index < -0.39 is 11.7 Å². The largest absolute Gasteiger partial charge is 0.367 e. The van der Waals surface area contributed by atoms with Crippen LogP contribution in [0.5, 0.6) is 0 Å². The van der Waals surface area contributed by atoms with Crippen LogP contribution in [0, 0.1) is 17.1 Å². The molecule has 1 aromatic carbocycles. The third-order valence-electron chi connectivity index (χ3n) is 7.28. The number of likely N-dealkylation sites (tertiary alicyclic amines) is 1. The van der Waals surface area contributed by atoms with Crippen LogP contribution in [0.15, 0.2) is 73.2 Å². The van der Waals surface area contributed by atoms with Gasteiger partial charge in [0.1, 0.15) is 23.4 Å². The highest BCUT2D eigenvalue weighted by Crippen LogP contribution is 2.33. The lowest BCUT2D eigenvalue weighted by Gasteiger charge is -2.32. The number of halogens is 1. The lowest BCUT2D eigenvalue weighted by molar-refractivity contribution is 0.0995. The average molecular weight is 560 g/mol. The van der Waals surface area contributed by atoms with Gasteiger partial charge in [0.25, 0.3) is 5.91 Å². The molecule has 42 heavy (non-hydrogen) atoms. The summed E-state index contributed by atoms with van der Waals surface area (Å²) in [6.45, 7) is 2.67. The van der Waals surface area contributed by atoms with E-state index in [0.29, 0.717) is 28.1 Å². The van der Waals surface area contributed by atoms with E-state index in [4.69, 9.17) is 16.0 Å². The maximum Gasteiger partial charge on any atom is 0.267 e. The molecule has 0 atom stereocenters. The summed E-state index contributed by atoms with van der Waals surface area (Å²) < 4.78 is 13.6. The minimum atomic E-state index is -0.629. The molecule has 0 unspecified atom stereocenters. The number of amides is 1. The Morgan fingerprint density at radius 3 is 2.55 bits per heavy atom. The average Bonchev–Trinajstić information content (AvgIpc) is 3.02. The monoisotopic (exact) mass is 559 g/mol. The van der Waals surface area contributed by atoms with E-state index in [1.807, 2.05) is 24.3 Å². The standard InChI is InChI=1S/C31H26FN9O/c32-22-5-6-25(37-17-22)24-13-21-16-36-27(31(34)42)14-26(21)39-30(24)20-3-1-19(2-4-20)18-41-11-8-23(9-12-41)38-28-7-10-35-29(15-33)40-28/h1-7,10,13-14,16-17,23H,8-9,11-12,18H2,(H2,34,42)(H,35,38,40). The SMILES string of the molecule is N#Cc1nccc(NC2CCN(Cc3ccc(-c4nc5cc(C(N)=O)ncc5cc4-c4ccc(F)cn4)cc3)CC2)n1. The molecular weight excluding hydrogens is 533 g/mol. The van der Waals surface area contributed by atoms with Crippen molar-refractivity contribution >= 4 is 22.6 Å².